The molecule has 6 heteroatoms. The van der Waals surface area contributed by atoms with Crippen LogP contribution in [0.3, 0.4) is 0 Å². The fourth-order valence-electron chi connectivity index (χ4n) is 1.55. The van der Waals surface area contributed by atoms with Crippen LogP contribution < -0.4 is 10.1 Å². The second-order valence-corrected chi connectivity index (χ2v) is 3.97. The van der Waals surface area contributed by atoms with Crippen LogP contribution in [-0.2, 0) is 0 Å². The van der Waals surface area contributed by atoms with Crippen molar-refractivity contribution in [3.63, 3.8) is 0 Å². The number of carbonyl (C=O) groups excluding carboxylic acids is 1. The number of nitrogens with one attached hydrogen (secondary N) is 1. The zero-order valence-electron chi connectivity index (χ0n) is 11.3. The first-order chi connectivity index (χ1) is 10.2. The molecule has 0 aromatic carbocycles. The first-order valence-electron chi connectivity index (χ1n) is 6.09. The van der Waals surface area contributed by atoms with Crippen LogP contribution in [0.25, 0.3) is 0 Å². The second kappa shape index (κ2) is 7.03. The van der Waals surface area contributed by atoms with Crippen LogP contribution in [0.15, 0.2) is 36.8 Å². The van der Waals surface area contributed by atoms with Gasteiger partial charge in [-0.25, -0.2) is 4.98 Å². The Morgan fingerprint density at radius 1 is 1.38 bits per heavy atom. The van der Waals surface area contributed by atoms with Crippen molar-refractivity contribution in [1.29, 1.82) is 0 Å². The maximum Gasteiger partial charge on any atom is 0.257 e. The van der Waals surface area contributed by atoms with Crippen molar-refractivity contribution in [3.05, 3.63) is 47.9 Å². The number of aromatic nitrogens is 2. The Morgan fingerprint density at radius 2 is 2.24 bits per heavy atom. The van der Waals surface area contributed by atoms with E-state index in [0.717, 1.165) is 0 Å². The van der Waals surface area contributed by atoms with Crippen molar-refractivity contribution in [2.75, 3.05) is 19.0 Å². The van der Waals surface area contributed by atoms with Crippen molar-refractivity contribution >= 4 is 11.6 Å². The van der Waals surface area contributed by atoms with Gasteiger partial charge in [-0.05, 0) is 12.1 Å². The van der Waals surface area contributed by atoms with Crippen molar-refractivity contribution in [2.45, 2.75) is 0 Å². The average molecular weight is 283 g/mol. The summed E-state index contributed by atoms with van der Waals surface area (Å²) in [7, 11) is 1.52. The van der Waals surface area contributed by atoms with Gasteiger partial charge in [0.05, 0.1) is 24.6 Å². The molecule has 2 aromatic rings. The molecule has 0 aliphatic carbocycles. The van der Waals surface area contributed by atoms with E-state index in [1.165, 1.54) is 25.7 Å². The largest absolute Gasteiger partial charge is 0.481 e. The predicted molar refractivity (Wildman–Crippen MR) is 76.9 cm³/mol. The van der Waals surface area contributed by atoms with Crippen molar-refractivity contribution in [3.8, 4) is 17.7 Å². The Labute approximate surface area is 121 Å². The standard InChI is InChI=1S/C15H13N3O3/c1-21-14-5-4-13(10-17-14)18-15(20)12-7-11(3-2-6-19)8-16-9-12/h4-5,7-10,19H,6H2,1H3,(H,18,20). The fraction of sp³-hybridized carbons (Fsp3) is 0.133. The Hall–Kier alpha value is -2.91. The maximum atomic E-state index is 12.1. The molecule has 0 aliphatic heterocycles. The third-order valence-electron chi connectivity index (χ3n) is 2.52. The number of pyridine rings is 2. The third kappa shape index (κ3) is 4.03. The number of aliphatic hydroxyl groups is 1. The van der Waals surface area contributed by atoms with E-state index >= 15 is 0 Å². The number of ether oxygens (including phenoxy) is 1. The minimum Gasteiger partial charge on any atom is -0.481 e. The van der Waals surface area contributed by atoms with Gasteiger partial charge in [0.1, 0.15) is 6.61 Å². The van der Waals surface area contributed by atoms with Gasteiger partial charge < -0.3 is 15.2 Å². The lowest BCUT2D eigenvalue weighted by molar-refractivity contribution is 0.102. The van der Waals surface area contributed by atoms with Gasteiger partial charge in [-0.2, -0.15) is 0 Å². The second-order valence-electron chi connectivity index (χ2n) is 3.97. The van der Waals surface area contributed by atoms with Crippen LogP contribution in [-0.4, -0.2) is 34.7 Å². The van der Waals surface area contributed by atoms with Crippen molar-refractivity contribution in [2.24, 2.45) is 0 Å². The predicted octanol–water partition coefficient (Wildman–Crippen LogP) is 1.08. The van der Waals surface area contributed by atoms with Crippen molar-refractivity contribution < 1.29 is 14.6 Å². The molecule has 2 rings (SSSR count). The summed E-state index contributed by atoms with van der Waals surface area (Å²) in [6, 6.07) is 4.94. The van der Waals surface area contributed by atoms with E-state index < -0.39 is 0 Å². The molecule has 0 saturated carbocycles. The zero-order chi connectivity index (χ0) is 15.1. The number of carbonyl (C=O) groups is 1. The number of hydrogen-bond donors (Lipinski definition) is 2. The number of anilines is 1. The molecule has 0 radical (unpaired) electrons. The maximum absolute atomic E-state index is 12.1. The molecule has 106 valence electrons. The van der Waals surface area contributed by atoms with Gasteiger partial charge in [-0.1, -0.05) is 11.8 Å². The van der Waals surface area contributed by atoms with Crippen LogP contribution in [0.2, 0.25) is 0 Å². The van der Waals surface area contributed by atoms with Gasteiger partial charge in [0.15, 0.2) is 0 Å². The number of aliphatic hydroxyl groups excluding tert-OH is 1. The number of amides is 1. The first kappa shape index (κ1) is 14.5. The molecule has 0 spiro atoms. The topological polar surface area (TPSA) is 84.3 Å². The lowest BCUT2D eigenvalue weighted by Gasteiger charge is -2.05. The Balaban J connectivity index is 2.12. The van der Waals surface area contributed by atoms with Crippen LogP contribution in [0.5, 0.6) is 5.88 Å². The van der Waals surface area contributed by atoms with E-state index in [-0.39, 0.29) is 12.5 Å². The lowest BCUT2D eigenvalue weighted by Crippen LogP contribution is -2.12. The molecule has 0 bridgehead atoms. The summed E-state index contributed by atoms with van der Waals surface area (Å²) in [5.74, 6) is 5.35. The summed E-state index contributed by atoms with van der Waals surface area (Å²) >= 11 is 0. The highest BCUT2D eigenvalue weighted by Gasteiger charge is 2.07. The monoisotopic (exact) mass is 283 g/mol. The Morgan fingerprint density at radius 3 is 2.90 bits per heavy atom. The fourth-order valence-corrected chi connectivity index (χ4v) is 1.55. The molecule has 0 aliphatic rings. The quantitative estimate of drug-likeness (QED) is 0.823. The van der Waals surface area contributed by atoms with E-state index in [1.807, 2.05) is 0 Å². The van der Waals surface area contributed by atoms with Gasteiger partial charge in [0.25, 0.3) is 5.91 Å². The van der Waals surface area contributed by atoms with E-state index in [1.54, 1.807) is 18.2 Å². The van der Waals surface area contributed by atoms with E-state index in [0.29, 0.717) is 22.7 Å². The van der Waals surface area contributed by atoms with Gasteiger partial charge in [-0.15, -0.1) is 0 Å². The minimum absolute atomic E-state index is 0.242. The van der Waals surface area contributed by atoms with E-state index in [9.17, 15) is 4.79 Å². The van der Waals surface area contributed by atoms with Gasteiger partial charge >= 0.3 is 0 Å². The summed E-state index contributed by atoms with van der Waals surface area (Å²) in [6.07, 6.45) is 4.46. The molecule has 2 N–H and O–H groups in total. The molecule has 0 atom stereocenters. The summed E-state index contributed by atoms with van der Waals surface area (Å²) in [6.45, 7) is -0.242. The van der Waals surface area contributed by atoms with Gasteiger partial charge in [-0.3, -0.25) is 9.78 Å². The number of hydrogen-bond acceptors (Lipinski definition) is 5. The third-order valence-corrected chi connectivity index (χ3v) is 2.52. The molecular formula is C15H13N3O3. The highest BCUT2D eigenvalue weighted by molar-refractivity contribution is 6.04. The summed E-state index contributed by atoms with van der Waals surface area (Å²) in [5.41, 5.74) is 1.48. The first-order valence-corrected chi connectivity index (χ1v) is 6.09. The molecule has 1 amide bonds. The molecule has 0 unspecified atom stereocenters. The zero-order valence-corrected chi connectivity index (χ0v) is 11.3. The summed E-state index contributed by atoms with van der Waals surface area (Å²) in [5, 5.41) is 11.4. The molecule has 2 heterocycles. The molecule has 6 nitrogen and oxygen atoms in total. The Bertz CT molecular complexity index is 687. The SMILES string of the molecule is COc1ccc(NC(=O)c2cncc(C#CCO)c2)cn1. The highest BCUT2D eigenvalue weighted by Crippen LogP contribution is 2.12. The lowest BCUT2D eigenvalue weighted by atomic mass is 10.2. The van der Waals surface area contributed by atoms with Crippen molar-refractivity contribution in [1.82, 2.24) is 9.97 Å². The Kier molecular flexibility index (Phi) is 4.85. The number of methoxy groups -OCH3 is 1. The van der Waals surface area contributed by atoms with Crippen LogP contribution in [0.4, 0.5) is 5.69 Å². The number of nitrogens with zero attached hydrogens (tertiary/aromatic N) is 2. The molecule has 21 heavy (non-hydrogen) atoms. The van der Waals surface area contributed by atoms with E-state index in [4.69, 9.17) is 9.84 Å². The normalized spacial score (nSPS) is 9.43. The molecule has 0 fully saturated rings. The van der Waals surface area contributed by atoms with Crippen LogP contribution >= 0.6 is 0 Å². The highest BCUT2D eigenvalue weighted by atomic mass is 16.5. The smallest absolute Gasteiger partial charge is 0.257 e. The number of rotatable bonds is 3. The average Bonchev–Trinajstić information content (AvgIpc) is 2.54. The van der Waals surface area contributed by atoms with Gasteiger partial charge in [0, 0.05) is 24.0 Å². The minimum atomic E-state index is -0.317. The summed E-state index contributed by atoms with van der Waals surface area (Å²) < 4.78 is 4.94. The van der Waals surface area contributed by atoms with Crippen LogP contribution in [0.1, 0.15) is 15.9 Å². The molecule has 0 saturated heterocycles. The molecule has 2 aromatic heterocycles. The van der Waals surface area contributed by atoms with Crippen LogP contribution in [0, 0.1) is 11.8 Å². The van der Waals surface area contributed by atoms with Gasteiger partial charge in [0.2, 0.25) is 5.88 Å². The van der Waals surface area contributed by atoms with E-state index in [2.05, 4.69) is 27.1 Å². The summed E-state index contributed by atoms with van der Waals surface area (Å²) in [4.78, 5) is 20.0. The molecular weight excluding hydrogens is 270 g/mol.